The topological polar surface area (TPSA) is 95.8 Å². The molecule has 0 aliphatic heterocycles. The lowest BCUT2D eigenvalue weighted by Crippen LogP contribution is -2.21. The molecule has 0 saturated carbocycles. The second kappa shape index (κ2) is 6.73. The van der Waals surface area contributed by atoms with Crippen LogP contribution in [0.4, 0.5) is 5.69 Å². The molecule has 0 atom stereocenters. The lowest BCUT2D eigenvalue weighted by Gasteiger charge is -2.08. The van der Waals surface area contributed by atoms with Gasteiger partial charge in [-0.15, -0.1) is 0 Å². The van der Waals surface area contributed by atoms with Crippen LogP contribution in [0.2, 0.25) is 0 Å². The number of hydrogen-bond donors (Lipinski definition) is 0. The average molecular weight is 375 g/mol. The number of fused-ring (bicyclic) bond motifs is 1. The van der Waals surface area contributed by atoms with Crippen LogP contribution in [0.15, 0.2) is 59.8 Å². The van der Waals surface area contributed by atoms with Crippen LogP contribution < -0.4 is 5.56 Å². The molecule has 0 unspecified atom stereocenters. The molecule has 8 nitrogen and oxygen atoms in total. The van der Waals surface area contributed by atoms with Gasteiger partial charge in [-0.25, -0.2) is 9.67 Å². The third-order valence-corrected chi connectivity index (χ3v) is 4.53. The number of nitro groups is 1. The van der Waals surface area contributed by atoms with E-state index in [1.54, 1.807) is 22.9 Å². The predicted molar refractivity (Wildman–Crippen MR) is 105 cm³/mol. The van der Waals surface area contributed by atoms with Gasteiger partial charge in [0.1, 0.15) is 11.7 Å². The van der Waals surface area contributed by atoms with Crippen LogP contribution in [0, 0.1) is 24.0 Å². The Kier molecular flexibility index (Phi) is 4.23. The molecule has 140 valence electrons. The fourth-order valence-corrected chi connectivity index (χ4v) is 3.33. The van der Waals surface area contributed by atoms with Crippen molar-refractivity contribution in [1.82, 2.24) is 19.3 Å². The van der Waals surface area contributed by atoms with E-state index in [1.165, 1.54) is 23.2 Å². The third-order valence-electron chi connectivity index (χ3n) is 4.53. The summed E-state index contributed by atoms with van der Waals surface area (Å²) in [6, 6.07) is 12.4. The van der Waals surface area contributed by atoms with Gasteiger partial charge in [-0.3, -0.25) is 19.5 Å². The zero-order valence-corrected chi connectivity index (χ0v) is 15.4. The van der Waals surface area contributed by atoms with Crippen molar-refractivity contribution in [3.8, 4) is 5.69 Å². The molecule has 0 spiro atoms. The summed E-state index contributed by atoms with van der Waals surface area (Å²) in [4.78, 5) is 28.1. The second-order valence-electron chi connectivity index (χ2n) is 6.70. The molecule has 0 aliphatic rings. The normalized spacial score (nSPS) is 11.1. The third kappa shape index (κ3) is 3.05. The van der Waals surface area contributed by atoms with E-state index in [2.05, 4.69) is 16.1 Å². The van der Waals surface area contributed by atoms with Gasteiger partial charge in [-0.1, -0.05) is 24.3 Å². The summed E-state index contributed by atoms with van der Waals surface area (Å²) in [5, 5.41) is 15.9. The first-order valence-corrected chi connectivity index (χ1v) is 8.68. The summed E-state index contributed by atoms with van der Waals surface area (Å²) in [5.41, 5.74) is 3.58. The maximum atomic E-state index is 12.9. The highest BCUT2D eigenvalue weighted by Gasteiger charge is 2.16. The highest BCUT2D eigenvalue weighted by Crippen LogP contribution is 2.20. The number of nitrogens with zero attached hydrogens (tertiary/aromatic N) is 5. The Bertz CT molecular complexity index is 1250. The van der Waals surface area contributed by atoms with E-state index in [0.29, 0.717) is 16.6 Å². The van der Waals surface area contributed by atoms with E-state index in [9.17, 15) is 14.9 Å². The Morgan fingerprint density at radius 3 is 2.54 bits per heavy atom. The minimum atomic E-state index is -0.454. The fraction of sp³-hybridized carbons (Fsp3) is 0.150. The number of para-hydroxylation sites is 1. The van der Waals surface area contributed by atoms with E-state index >= 15 is 0 Å². The maximum absolute atomic E-state index is 12.9. The van der Waals surface area contributed by atoms with Crippen LogP contribution in [0.1, 0.15) is 16.7 Å². The molecular formula is C20H17N5O3. The van der Waals surface area contributed by atoms with Crippen LogP contribution in [-0.4, -0.2) is 24.3 Å². The molecule has 2 aromatic heterocycles. The summed E-state index contributed by atoms with van der Waals surface area (Å²) < 4.78 is 2.99. The minimum absolute atomic E-state index is 0.0274. The van der Waals surface area contributed by atoms with Gasteiger partial charge in [-0.2, -0.15) is 5.10 Å². The summed E-state index contributed by atoms with van der Waals surface area (Å²) in [6.45, 7) is 4.05. The van der Waals surface area contributed by atoms with Gasteiger partial charge in [0.05, 0.1) is 23.4 Å². The molecule has 0 amide bonds. The van der Waals surface area contributed by atoms with E-state index in [4.69, 9.17) is 0 Å². The lowest BCUT2D eigenvalue weighted by molar-refractivity contribution is -0.385. The molecular weight excluding hydrogens is 358 g/mol. The molecule has 0 aliphatic carbocycles. The van der Waals surface area contributed by atoms with Crippen molar-refractivity contribution in [3.05, 3.63) is 92.1 Å². The van der Waals surface area contributed by atoms with Gasteiger partial charge >= 0.3 is 0 Å². The summed E-state index contributed by atoms with van der Waals surface area (Å²) >= 11 is 0. The largest absolute Gasteiger partial charge is 0.294 e. The number of nitro benzene ring substituents is 1. The molecule has 2 heterocycles. The highest BCUT2D eigenvalue weighted by atomic mass is 16.6. The Morgan fingerprint density at radius 2 is 1.82 bits per heavy atom. The first-order chi connectivity index (χ1) is 13.4. The Morgan fingerprint density at radius 1 is 1.11 bits per heavy atom. The monoisotopic (exact) mass is 375 g/mol. The smallest absolute Gasteiger partial charge is 0.274 e. The van der Waals surface area contributed by atoms with Gasteiger partial charge in [0, 0.05) is 11.6 Å². The Hall–Kier alpha value is -3.81. The standard InChI is InChI=1S/C20H17N5O3/c1-13-7-14(2)9-16(8-13)24-19-17(10-22-24)20(26)23(12-21-19)11-15-5-3-4-6-18(15)25(27)28/h3-10,12H,11H2,1-2H3. The van der Waals surface area contributed by atoms with E-state index < -0.39 is 4.92 Å². The SMILES string of the molecule is Cc1cc(C)cc(-n2ncc3c(=O)n(Cc4ccccc4[N+](=O)[O-])cnc32)c1. The predicted octanol–water partition coefficient (Wildman–Crippen LogP) is 3.16. The number of benzene rings is 2. The molecule has 28 heavy (non-hydrogen) atoms. The molecule has 0 radical (unpaired) electrons. The first-order valence-electron chi connectivity index (χ1n) is 8.68. The quantitative estimate of drug-likeness (QED) is 0.403. The van der Waals surface area contributed by atoms with Crippen molar-refractivity contribution < 1.29 is 4.92 Å². The van der Waals surface area contributed by atoms with Gasteiger partial charge in [-0.05, 0) is 37.1 Å². The Balaban J connectivity index is 1.79. The van der Waals surface area contributed by atoms with Crippen molar-refractivity contribution in [2.45, 2.75) is 20.4 Å². The van der Waals surface area contributed by atoms with Crippen molar-refractivity contribution in [1.29, 1.82) is 0 Å². The number of hydrogen-bond acceptors (Lipinski definition) is 5. The number of aromatic nitrogens is 4. The van der Waals surface area contributed by atoms with Crippen LogP contribution >= 0.6 is 0 Å². The van der Waals surface area contributed by atoms with Crippen LogP contribution in [0.25, 0.3) is 16.7 Å². The molecule has 0 fully saturated rings. The van der Waals surface area contributed by atoms with Crippen molar-refractivity contribution in [2.24, 2.45) is 0 Å². The van der Waals surface area contributed by atoms with Crippen molar-refractivity contribution >= 4 is 16.7 Å². The highest BCUT2D eigenvalue weighted by molar-refractivity contribution is 5.75. The fourth-order valence-electron chi connectivity index (χ4n) is 3.33. The Labute approximate surface area is 159 Å². The zero-order valence-electron chi connectivity index (χ0n) is 15.4. The van der Waals surface area contributed by atoms with Crippen LogP contribution in [-0.2, 0) is 6.54 Å². The van der Waals surface area contributed by atoms with Crippen molar-refractivity contribution in [2.75, 3.05) is 0 Å². The molecule has 0 N–H and O–H groups in total. The van der Waals surface area contributed by atoms with E-state index in [-0.39, 0.29) is 17.8 Å². The van der Waals surface area contributed by atoms with Crippen molar-refractivity contribution in [3.63, 3.8) is 0 Å². The van der Waals surface area contributed by atoms with Crippen LogP contribution in [0.5, 0.6) is 0 Å². The zero-order chi connectivity index (χ0) is 19.8. The maximum Gasteiger partial charge on any atom is 0.274 e. The molecule has 0 saturated heterocycles. The molecule has 4 aromatic rings. The second-order valence-corrected chi connectivity index (χ2v) is 6.70. The summed E-state index contributed by atoms with van der Waals surface area (Å²) in [7, 11) is 0. The summed E-state index contributed by atoms with van der Waals surface area (Å²) in [5.74, 6) is 0. The van der Waals surface area contributed by atoms with Crippen LogP contribution in [0.3, 0.4) is 0 Å². The van der Waals surface area contributed by atoms with E-state index in [0.717, 1.165) is 16.8 Å². The number of aryl methyl sites for hydroxylation is 2. The van der Waals surface area contributed by atoms with Gasteiger partial charge in [0.2, 0.25) is 0 Å². The number of rotatable bonds is 4. The minimum Gasteiger partial charge on any atom is -0.294 e. The first kappa shape index (κ1) is 17.6. The van der Waals surface area contributed by atoms with Gasteiger partial charge in [0.25, 0.3) is 11.2 Å². The molecule has 2 aromatic carbocycles. The van der Waals surface area contributed by atoms with E-state index in [1.807, 2.05) is 26.0 Å². The van der Waals surface area contributed by atoms with Gasteiger partial charge in [0.15, 0.2) is 5.65 Å². The lowest BCUT2D eigenvalue weighted by atomic mass is 10.1. The van der Waals surface area contributed by atoms with Gasteiger partial charge < -0.3 is 0 Å². The average Bonchev–Trinajstić information content (AvgIpc) is 3.08. The molecule has 0 bridgehead atoms. The summed E-state index contributed by atoms with van der Waals surface area (Å²) in [6.07, 6.45) is 2.89. The molecule has 8 heteroatoms. The molecule has 4 rings (SSSR count).